The van der Waals surface area contributed by atoms with E-state index in [1.165, 1.54) is 29.3 Å². The average molecular weight is 448 g/mol. The maximum Gasteiger partial charge on any atom is 0.244 e. The molecule has 9 heteroatoms. The Morgan fingerprint density at radius 1 is 1.25 bits per heavy atom. The normalized spacial score (nSPS) is 20.3. The molecule has 1 aromatic rings. The lowest BCUT2D eigenvalue weighted by atomic mass is 9.97. The highest BCUT2D eigenvalue weighted by atomic mass is 35.5. The molecule has 1 heterocycles. The molecule has 1 amide bonds. The predicted molar refractivity (Wildman–Crippen MR) is 111 cm³/mol. The Hall–Kier alpha value is -0.860. The molecule has 0 radical (unpaired) electrons. The van der Waals surface area contributed by atoms with Crippen LogP contribution in [0.4, 0.5) is 0 Å². The second-order valence-electron chi connectivity index (χ2n) is 7.74. The lowest BCUT2D eigenvalue weighted by molar-refractivity contribution is -0.126. The van der Waals surface area contributed by atoms with Crippen molar-refractivity contribution in [3.8, 4) is 0 Å². The van der Waals surface area contributed by atoms with E-state index < -0.39 is 10.0 Å². The van der Waals surface area contributed by atoms with Crippen LogP contribution in [0.3, 0.4) is 0 Å². The number of hydrogen-bond donors (Lipinski definition) is 1. The second kappa shape index (κ2) is 8.88. The first kappa shape index (κ1) is 21.8. The van der Waals surface area contributed by atoms with E-state index in [0.29, 0.717) is 49.6 Å². The van der Waals surface area contributed by atoms with Gasteiger partial charge in [-0.05, 0) is 57.9 Å². The summed E-state index contributed by atoms with van der Waals surface area (Å²) in [6, 6.07) is 5.36. The first-order valence-corrected chi connectivity index (χ1v) is 11.8. The molecule has 1 aliphatic heterocycles. The third-order valence-corrected chi connectivity index (χ3v) is 8.34. The van der Waals surface area contributed by atoms with Crippen LogP contribution in [0, 0.1) is 5.92 Å². The molecule has 0 aromatic heterocycles. The van der Waals surface area contributed by atoms with E-state index in [-0.39, 0.29) is 21.7 Å². The van der Waals surface area contributed by atoms with Crippen molar-refractivity contribution in [3.63, 3.8) is 0 Å². The molecule has 28 heavy (non-hydrogen) atoms. The van der Waals surface area contributed by atoms with Gasteiger partial charge >= 0.3 is 0 Å². The van der Waals surface area contributed by atoms with E-state index in [4.69, 9.17) is 23.2 Å². The van der Waals surface area contributed by atoms with Gasteiger partial charge < -0.3 is 5.32 Å². The fraction of sp³-hybridized carbons (Fsp3) is 0.632. The van der Waals surface area contributed by atoms with Gasteiger partial charge in [-0.3, -0.25) is 9.69 Å². The summed E-state index contributed by atoms with van der Waals surface area (Å²) in [5, 5.41) is 3.50. The van der Waals surface area contributed by atoms with E-state index in [1.807, 2.05) is 0 Å². The van der Waals surface area contributed by atoms with Crippen molar-refractivity contribution in [2.75, 3.05) is 26.7 Å². The van der Waals surface area contributed by atoms with Gasteiger partial charge in [-0.15, -0.1) is 0 Å². The maximum atomic E-state index is 12.9. The van der Waals surface area contributed by atoms with Crippen LogP contribution in [-0.4, -0.2) is 62.3 Å². The SMILES string of the molecule is CC(CNC(=O)C1CCN(S(=O)(=O)c2cc(Cl)ccc2Cl)CC1)N(C)C1CC1. The van der Waals surface area contributed by atoms with Crippen LogP contribution < -0.4 is 5.32 Å². The Balaban J connectivity index is 1.53. The lowest BCUT2D eigenvalue weighted by Crippen LogP contribution is -2.46. The van der Waals surface area contributed by atoms with E-state index >= 15 is 0 Å². The number of carbonyl (C=O) groups is 1. The van der Waals surface area contributed by atoms with E-state index in [0.717, 1.165) is 0 Å². The molecule has 1 saturated heterocycles. The van der Waals surface area contributed by atoms with Gasteiger partial charge in [-0.1, -0.05) is 23.2 Å². The quantitative estimate of drug-likeness (QED) is 0.697. The minimum Gasteiger partial charge on any atom is -0.354 e. The van der Waals surface area contributed by atoms with Crippen molar-refractivity contribution in [3.05, 3.63) is 28.2 Å². The molecule has 1 aromatic carbocycles. The smallest absolute Gasteiger partial charge is 0.244 e. The summed E-state index contributed by atoms with van der Waals surface area (Å²) in [4.78, 5) is 14.8. The molecule has 0 bridgehead atoms. The number of piperidine rings is 1. The summed E-state index contributed by atoms with van der Waals surface area (Å²) in [5.41, 5.74) is 0. The van der Waals surface area contributed by atoms with Crippen molar-refractivity contribution in [1.82, 2.24) is 14.5 Å². The van der Waals surface area contributed by atoms with Crippen LogP contribution in [0.5, 0.6) is 0 Å². The zero-order valence-electron chi connectivity index (χ0n) is 16.2. The Labute approximate surface area is 177 Å². The second-order valence-corrected chi connectivity index (χ2v) is 10.5. The Kier molecular flexibility index (Phi) is 6.92. The number of hydrogen-bond acceptors (Lipinski definition) is 4. The van der Waals surface area contributed by atoms with Crippen molar-refractivity contribution in [2.45, 2.75) is 49.6 Å². The average Bonchev–Trinajstić information content (AvgIpc) is 3.52. The van der Waals surface area contributed by atoms with Gasteiger partial charge in [0.15, 0.2) is 0 Å². The molecule has 2 aliphatic rings. The van der Waals surface area contributed by atoms with Gasteiger partial charge in [0, 0.05) is 42.7 Å². The standard InChI is InChI=1S/C19H27Cl2N3O3S/c1-13(23(2)16-4-5-16)12-22-19(25)14-7-9-24(10-8-14)28(26,27)18-11-15(20)3-6-17(18)21/h3,6,11,13-14,16H,4-5,7-10,12H2,1-2H3,(H,22,25). The summed E-state index contributed by atoms with van der Waals surface area (Å²) in [6.07, 6.45) is 3.46. The number of benzene rings is 1. The van der Waals surface area contributed by atoms with E-state index in [1.54, 1.807) is 6.07 Å². The van der Waals surface area contributed by atoms with Gasteiger partial charge in [-0.2, -0.15) is 4.31 Å². The molecule has 3 rings (SSSR count). The fourth-order valence-electron chi connectivity index (χ4n) is 3.55. The monoisotopic (exact) mass is 447 g/mol. The molecule has 156 valence electrons. The Bertz CT molecular complexity index is 822. The molecule has 1 atom stereocenters. The lowest BCUT2D eigenvalue weighted by Gasteiger charge is -2.31. The summed E-state index contributed by atoms with van der Waals surface area (Å²) >= 11 is 12.0. The first-order valence-electron chi connectivity index (χ1n) is 9.65. The largest absolute Gasteiger partial charge is 0.354 e. The minimum atomic E-state index is -3.73. The highest BCUT2D eigenvalue weighted by Gasteiger charge is 2.34. The maximum absolute atomic E-state index is 12.9. The fourth-order valence-corrected chi connectivity index (χ4v) is 5.76. The van der Waals surface area contributed by atoms with Gasteiger partial charge in [0.05, 0.1) is 5.02 Å². The number of carbonyl (C=O) groups excluding carboxylic acids is 1. The van der Waals surface area contributed by atoms with Gasteiger partial charge in [-0.25, -0.2) is 8.42 Å². The number of rotatable bonds is 7. The van der Waals surface area contributed by atoms with Crippen LogP contribution in [-0.2, 0) is 14.8 Å². The van der Waals surface area contributed by atoms with Crippen molar-refractivity contribution in [2.24, 2.45) is 5.92 Å². The molecular weight excluding hydrogens is 421 g/mol. The minimum absolute atomic E-state index is 0.00822. The third kappa shape index (κ3) is 5.00. The number of nitrogens with zero attached hydrogens (tertiary/aromatic N) is 2. The van der Waals surface area contributed by atoms with E-state index in [2.05, 4.69) is 24.2 Å². The van der Waals surface area contributed by atoms with Gasteiger partial charge in [0.2, 0.25) is 15.9 Å². The summed E-state index contributed by atoms with van der Waals surface area (Å²) in [7, 11) is -1.63. The molecule has 2 fully saturated rings. The zero-order chi connectivity index (χ0) is 20.5. The molecule has 1 N–H and O–H groups in total. The number of amides is 1. The summed E-state index contributed by atoms with van der Waals surface area (Å²) in [5.74, 6) is -0.159. The van der Waals surface area contributed by atoms with Crippen LogP contribution in [0.2, 0.25) is 10.0 Å². The van der Waals surface area contributed by atoms with Crippen LogP contribution >= 0.6 is 23.2 Å². The van der Waals surface area contributed by atoms with Gasteiger partial charge in [0.1, 0.15) is 4.90 Å². The number of halogens is 2. The van der Waals surface area contributed by atoms with Crippen LogP contribution in [0.25, 0.3) is 0 Å². The summed E-state index contributed by atoms with van der Waals surface area (Å²) in [6.45, 7) is 3.31. The highest BCUT2D eigenvalue weighted by molar-refractivity contribution is 7.89. The molecule has 6 nitrogen and oxygen atoms in total. The van der Waals surface area contributed by atoms with Crippen molar-refractivity contribution < 1.29 is 13.2 Å². The predicted octanol–water partition coefficient (Wildman–Crippen LogP) is 2.99. The van der Waals surface area contributed by atoms with Crippen molar-refractivity contribution >= 4 is 39.1 Å². The Morgan fingerprint density at radius 3 is 2.50 bits per heavy atom. The molecule has 1 aliphatic carbocycles. The molecule has 1 unspecified atom stereocenters. The molecular formula is C19H27Cl2N3O3S. The van der Waals surface area contributed by atoms with E-state index in [9.17, 15) is 13.2 Å². The van der Waals surface area contributed by atoms with Gasteiger partial charge in [0.25, 0.3) is 0 Å². The third-order valence-electron chi connectivity index (χ3n) is 5.73. The van der Waals surface area contributed by atoms with Crippen molar-refractivity contribution in [1.29, 1.82) is 0 Å². The summed E-state index contributed by atoms with van der Waals surface area (Å²) < 4.78 is 27.1. The number of sulfonamides is 1. The topological polar surface area (TPSA) is 69.7 Å². The molecule has 0 spiro atoms. The number of likely N-dealkylation sites (N-methyl/N-ethyl adjacent to an activating group) is 1. The van der Waals surface area contributed by atoms with Crippen LogP contribution in [0.1, 0.15) is 32.6 Å². The van der Waals surface area contributed by atoms with Crippen LogP contribution in [0.15, 0.2) is 23.1 Å². The Morgan fingerprint density at radius 2 is 1.89 bits per heavy atom. The highest BCUT2D eigenvalue weighted by Crippen LogP contribution is 2.30. The molecule has 1 saturated carbocycles. The number of nitrogens with one attached hydrogen (secondary N) is 1. The zero-order valence-corrected chi connectivity index (χ0v) is 18.5. The first-order chi connectivity index (χ1) is 13.2.